The number of imide groups is 1. The maximum atomic E-state index is 14.4. The molecule has 0 radical (unpaired) electrons. The van der Waals surface area contributed by atoms with Crippen LogP contribution in [0.1, 0.15) is 44.2 Å². The maximum absolute atomic E-state index is 14.4. The summed E-state index contributed by atoms with van der Waals surface area (Å²) in [6, 6.07) is 12.8. The quantitative estimate of drug-likeness (QED) is 0.485. The van der Waals surface area contributed by atoms with Crippen molar-refractivity contribution < 1.29 is 23.9 Å². The lowest BCUT2D eigenvalue weighted by atomic mass is 9.80. The Labute approximate surface area is 266 Å². The molecule has 3 saturated heterocycles. The maximum Gasteiger partial charge on any atom is 0.407 e. The Morgan fingerprint density at radius 3 is 2.36 bits per heavy atom. The Bertz CT molecular complexity index is 1520. The van der Waals surface area contributed by atoms with Crippen LogP contribution in [0.3, 0.4) is 0 Å². The van der Waals surface area contributed by atoms with E-state index >= 15 is 0 Å². The summed E-state index contributed by atoms with van der Waals surface area (Å²) in [5.74, 6) is -1.09. The molecule has 5 amide bonds. The summed E-state index contributed by atoms with van der Waals surface area (Å²) in [7, 11) is 1.59. The van der Waals surface area contributed by atoms with E-state index in [2.05, 4.69) is 11.4 Å². The number of nitrogens with zero attached hydrogens (tertiary/aromatic N) is 5. The van der Waals surface area contributed by atoms with E-state index in [-0.39, 0.29) is 40.8 Å². The summed E-state index contributed by atoms with van der Waals surface area (Å²) in [6.07, 6.45) is 0.0666. The number of nitrogens with one attached hydrogen (secondary N) is 1. The summed E-state index contributed by atoms with van der Waals surface area (Å²) >= 11 is 12.4. The molecule has 0 bridgehead atoms. The van der Waals surface area contributed by atoms with Gasteiger partial charge in [0.2, 0.25) is 5.91 Å². The second-order valence-electron chi connectivity index (χ2n) is 12.5. The van der Waals surface area contributed by atoms with Crippen LogP contribution in [0.15, 0.2) is 42.5 Å². The predicted molar refractivity (Wildman–Crippen MR) is 165 cm³/mol. The minimum Gasteiger partial charge on any atom is -0.444 e. The molecule has 0 saturated carbocycles. The van der Waals surface area contributed by atoms with Gasteiger partial charge in [0.1, 0.15) is 11.1 Å². The van der Waals surface area contributed by atoms with Gasteiger partial charge in [-0.1, -0.05) is 35.3 Å². The van der Waals surface area contributed by atoms with Gasteiger partial charge < -0.3 is 19.9 Å². The van der Waals surface area contributed by atoms with Crippen molar-refractivity contribution in [1.29, 1.82) is 5.26 Å². The number of amides is 5. The van der Waals surface area contributed by atoms with E-state index in [0.717, 1.165) is 10.5 Å². The lowest BCUT2D eigenvalue weighted by Gasteiger charge is -2.34. The molecular formula is C31H34Cl2N6O5. The fourth-order valence-electron chi connectivity index (χ4n) is 6.28. The number of ether oxygens (including phenoxy) is 1. The van der Waals surface area contributed by atoms with Crippen LogP contribution in [0.5, 0.6) is 0 Å². The Morgan fingerprint density at radius 1 is 1.09 bits per heavy atom. The normalized spacial score (nSPS) is 23.9. The molecule has 3 atom stereocenters. The lowest BCUT2D eigenvalue weighted by Crippen LogP contribution is -2.54. The van der Waals surface area contributed by atoms with Crippen LogP contribution in [0.4, 0.5) is 15.3 Å². The Balaban J connectivity index is 1.38. The number of carbonyl (C=O) groups is 4. The highest BCUT2D eigenvalue weighted by atomic mass is 35.5. The highest BCUT2D eigenvalue weighted by Crippen LogP contribution is 2.46. The summed E-state index contributed by atoms with van der Waals surface area (Å²) in [6.45, 7) is 6.62. The summed E-state index contributed by atoms with van der Waals surface area (Å²) in [5.41, 5.74) is -0.466. The Kier molecular flexibility index (Phi) is 8.55. The fraction of sp³-hybridized carbons (Fsp3) is 0.452. The van der Waals surface area contributed by atoms with Gasteiger partial charge in [0, 0.05) is 49.2 Å². The first-order valence-corrected chi connectivity index (χ1v) is 15.1. The summed E-state index contributed by atoms with van der Waals surface area (Å²) < 4.78 is 5.35. The number of halogens is 2. The lowest BCUT2D eigenvalue weighted by molar-refractivity contribution is -0.132. The Morgan fingerprint density at radius 2 is 1.75 bits per heavy atom. The predicted octanol–water partition coefficient (Wildman–Crippen LogP) is 4.23. The van der Waals surface area contributed by atoms with Crippen LogP contribution in [0.25, 0.3) is 0 Å². The van der Waals surface area contributed by atoms with E-state index in [0.29, 0.717) is 31.6 Å². The number of rotatable bonds is 5. The highest BCUT2D eigenvalue weighted by molar-refractivity contribution is 6.35. The van der Waals surface area contributed by atoms with Crippen molar-refractivity contribution in [2.24, 2.45) is 0 Å². The molecule has 232 valence electrons. The van der Waals surface area contributed by atoms with E-state index < -0.39 is 35.1 Å². The molecule has 2 aromatic carbocycles. The highest BCUT2D eigenvalue weighted by Gasteiger charge is 2.64. The van der Waals surface area contributed by atoms with Gasteiger partial charge in [-0.15, -0.1) is 0 Å². The number of carbonyl (C=O) groups excluding carboxylic acids is 4. The third kappa shape index (κ3) is 6.07. The SMILES string of the molecule is CN1C(=O)N(c2cc(Cl)cc(Cl)c2)C(=O)[C@]12CN(CC(=O)N1CC[C@H](NC(=O)OC(C)(C)C)C1)C[C@H]2c1ccc(C#N)cc1. The molecule has 0 aromatic heterocycles. The third-order valence-corrected chi connectivity index (χ3v) is 8.74. The van der Waals surface area contributed by atoms with Gasteiger partial charge in [-0.3, -0.25) is 14.5 Å². The van der Waals surface area contributed by atoms with Crippen LogP contribution in [-0.4, -0.2) is 95.6 Å². The van der Waals surface area contributed by atoms with Crippen molar-refractivity contribution in [2.75, 3.05) is 44.7 Å². The first-order valence-electron chi connectivity index (χ1n) is 14.3. The molecule has 3 heterocycles. The van der Waals surface area contributed by atoms with Crippen LogP contribution >= 0.6 is 23.2 Å². The van der Waals surface area contributed by atoms with Gasteiger partial charge in [-0.2, -0.15) is 5.26 Å². The Hall–Kier alpha value is -3.85. The molecule has 1 spiro atoms. The number of likely N-dealkylation sites (N-methyl/N-ethyl adjacent to an activating group) is 1. The fourth-order valence-corrected chi connectivity index (χ4v) is 6.80. The zero-order chi connectivity index (χ0) is 32.0. The number of nitriles is 1. The number of hydrogen-bond donors (Lipinski definition) is 1. The van der Waals surface area contributed by atoms with Crippen molar-refractivity contribution in [2.45, 2.75) is 50.3 Å². The van der Waals surface area contributed by atoms with Crippen molar-refractivity contribution >= 4 is 52.8 Å². The van der Waals surface area contributed by atoms with E-state index in [1.807, 2.05) is 4.90 Å². The molecule has 11 nitrogen and oxygen atoms in total. The van der Waals surface area contributed by atoms with Gasteiger partial charge in [0.15, 0.2) is 0 Å². The number of anilines is 1. The molecule has 3 aliphatic rings. The first-order chi connectivity index (χ1) is 20.7. The second-order valence-corrected chi connectivity index (χ2v) is 13.3. The summed E-state index contributed by atoms with van der Waals surface area (Å²) in [4.78, 5) is 59.9. The molecular weight excluding hydrogens is 607 g/mol. The summed E-state index contributed by atoms with van der Waals surface area (Å²) in [5, 5.41) is 12.7. The molecule has 3 aliphatic heterocycles. The molecule has 3 fully saturated rings. The van der Waals surface area contributed by atoms with Crippen molar-refractivity contribution in [3.05, 3.63) is 63.6 Å². The van der Waals surface area contributed by atoms with Gasteiger partial charge in [0.05, 0.1) is 29.9 Å². The molecule has 0 unspecified atom stereocenters. The van der Waals surface area contributed by atoms with E-state index in [4.69, 9.17) is 27.9 Å². The van der Waals surface area contributed by atoms with Gasteiger partial charge in [-0.25, -0.2) is 14.5 Å². The number of likely N-dealkylation sites (tertiary alicyclic amines) is 2. The third-order valence-electron chi connectivity index (χ3n) is 8.30. The topological polar surface area (TPSA) is 126 Å². The monoisotopic (exact) mass is 640 g/mol. The smallest absolute Gasteiger partial charge is 0.407 e. The second kappa shape index (κ2) is 11.9. The van der Waals surface area contributed by atoms with Gasteiger partial charge in [0.25, 0.3) is 5.91 Å². The van der Waals surface area contributed by atoms with Crippen molar-refractivity contribution in [1.82, 2.24) is 20.0 Å². The van der Waals surface area contributed by atoms with Crippen molar-refractivity contribution in [3.63, 3.8) is 0 Å². The van der Waals surface area contributed by atoms with E-state index in [1.165, 1.54) is 23.1 Å². The van der Waals surface area contributed by atoms with Crippen LogP contribution in [0.2, 0.25) is 10.0 Å². The minimum atomic E-state index is -1.33. The van der Waals surface area contributed by atoms with Crippen LogP contribution in [-0.2, 0) is 14.3 Å². The number of benzene rings is 2. The van der Waals surface area contributed by atoms with Crippen LogP contribution in [0, 0.1) is 11.3 Å². The zero-order valence-corrected chi connectivity index (χ0v) is 26.5. The number of urea groups is 1. The van der Waals surface area contributed by atoms with E-state index in [1.54, 1.807) is 57.0 Å². The zero-order valence-electron chi connectivity index (χ0n) is 25.0. The molecule has 13 heteroatoms. The van der Waals surface area contributed by atoms with Gasteiger partial charge in [-0.05, 0) is 63.1 Å². The molecule has 1 N–H and O–H groups in total. The molecule has 5 rings (SSSR count). The standard InChI is InChI=1S/C31H34Cl2N6O5/c1-30(2,3)44-28(42)35-23-9-10-38(15-23)26(40)17-37-16-25(20-7-5-19(14-34)6-8-20)31(18-37)27(41)39(29(43)36(31)4)24-12-21(32)11-22(33)13-24/h5-8,11-13,23,25H,9-10,15-18H2,1-4H3,(H,35,42)/t23-,25-,31+/m0/s1. The minimum absolute atomic E-state index is 0.0198. The number of alkyl carbamates (subject to hydrolysis) is 1. The molecule has 44 heavy (non-hydrogen) atoms. The van der Waals surface area contributed by atoms with Gasteiger partial charge >= 0.3 is 12.1 Å². The number of hydrogen-bond acceptors (Lipinski definition) is 7. The van der Waals surface area contributed by atoms with Crippen molar-refractivity contribution in [3.8, 4) is 6.07 Å². The average molecular weight is 642 g/mol. The van der Waals surface area contributed by atoms with Crippen LogP contribution < -0.4 is 10.2 Å². The largest absolute Gasteiger partial charge is 0.444 e. The first kappa shape index (κ1) is 31.6. The van der Waals surface area contributed by atoms with E-state index in [9.17, 15) is 24.4 Å². The average Bonchev–Trinajstić information content (AvgIpc) is 3.60. The molecule has 0 aliphatic carbocycles. The molecule has 2 aromatic rings.